The molecule has 4 heterocycles. The number of aromatic nitrogens is 4. The van der Waals surface area contributed by atoms with Gasteiger partial charge in [-0.2, -0.15) is 0 Å². The summed E-state index contributed by atoms with van der Waals surface area (Å²) in [4.78, 5) is 15.6. The molecule has 132 valence electrons. The Morgan fingerprint density at radius 3 is 1.76 bits per heavy atom. The average molecular weight is 404 g/mol. The van der Waals surface area contributed by atoms with Crippen LogP contribution < -0.4 is 14.7 Å². The number of hydrogen-bond donors (Lipinski definition) is 0. The molecule has 2 fully saturated rings. The first-order valence-electron chi connectivity index (χ1n) is 8.86. The fourth-order valence-corrected chi connectivity index (χ4v) is 3.59. The summed E-state index contributed by atoms with van der Waals surface area (Å²) < 4.78 is 0.902. The zero-order chi connectivity index (χ0) is 17.1. The normalized spacial score (nSPS) is 18.5. The number of rotatable bonds is 3. The molecule has 0 N–H and O–H groups in total. The van der Waals surface area contributed by atoms with Crippen molar-refractivity contribution in [3.8, 4) is 0 Å². The predicted molar refractivity (Wildman–Crippen MR) is 102 cm³/mol. The van der Waals surface area contributed by atoms with E-state index in [0.29, 0.717) is 0 Å². The van der Waals surface area contributed by atoms with Gasteiger partial charge in [0, 0.05) is 51.7 Å². The summed E-state index contributed by atoms with van der Waals surface area (Å²) in [5.41, 5.74) is 0. The molecule has 2 aliphatic heterocycles. The highest BCUT2D eigenvalue weighted by molar-refractivity contribution is 9.10. The lowest BCUT2D eigenvalue weighted by atomic mass is 10.1. The maximum absolute atomic E-state index is 4.47. The molecular formula is C17H22BrN7. The van der Waals surface area contributed by atoms with Gasteiger partial charge in [-0.15, -0.1) is 10.2 Å². The molecule has 0 aromatic carbocycles. The van der Waals surface area contributed by atoms with Gasteiger partial charge < -0.3 is 14.7 Å². The lowest BCUT2D eigenvalue weighted by Crippen LogP contribution is -2.47. The first kappa shape index (κ1) is 16.5. The number of piperidine rings is 1. The van der Waals surface area contributed by atoms with Crippen LogP contribution in [0.1, 0.15) is 19.3 Å². The Bertz CT molecular complexity index is 677. The Labute approximate surface area is 156 Å². The molecule has 2 saturated heterocycles. The maximum atomic E-state index is 4.47. The van der Waals surface area contributed by atoms with Gasteiger partial charge in [-0.05, 0) is 47.3 Å². The number of nitrogens with zero attached hydrogens (tertiary/aromatic N) is 7. The molecule has 0 spiro atoms. The van der Waals surface area contributed by atoms with Gasteiger partial charge in [-0.25, -0.2) is 9.97 Å². The van der Waals surface area contributed by atoms with Crippen LogP contribution in [0.3, 0.4) is 0 Å². The first-order chi connectivity index (χ1) is 12.3. The Kier molecular flexibility index (Phi) is 4.96. The molecule has 7 nitrogen and oxygen atoms in total. The van der Waals surface area contributed by atoms with Gasteiger partial charge >= 0.3 is 0 Å². The van der Waals surface area contributed by atoms with Gasteiger partial charge in [-0.1, -0.05) is 0 Å². The lowest BCUT2D eigenvalue weighted by Gasteiger charge is -2.35. The molecular weight excluding hydrogens is 382 g/mol. The Morgan fingerprint density at radius 2 is 1.20 bits per heavy atom. The van der Waals surface area contributed by atoms with Crippen molar-refractivity contribution in [1.82, 2.24) is 20.2 Å². The fraction of sp³-hybridized carbons (Fsp3) is 0.529. The van der Waals surface area contributed by atoms with Crippen molar-refractivity contribution in [3.05, 3.63) is 29.0 Å². The maximum Gasteiger partial charge on any atom is 0.225 e. The van der Waals surface area contributed by atoms with E-state index < -0.39 is 0 Å². The van der Waals surface area contributed by atoms with Crippen molar-refractivity contribution in [2.24, 2.45) is 0 Å². The van der Waals surface area contributed by atoms with E-state index in [1.165, 1.54) is 19.3 Å². The van der Waals surface area contributed by atoms with Crippen LogP contribution in [-0.2, 0) is 0 Å². The summed E-state index contributed by atoms with van der Waals surface area (Å²) in [6.45, 7) is 5.77. The summed E-state index contributed by atoms with van der Waals surface area (Å²) >= 11 is 3.37. The van der Waals surface area contributed by atoms with Gasteiger partial charge in [0.1, 0.15) is 0 Å². The van der Waals surface area contributed by atoms with E-state index in [-0.39, 0.29) is 0 Å². The first-order valence-corrected chi connectivity index (χ1v) is 9.65. The number of piperazine rings is 1. The van der Waals surface area contributed by atoms with Crippen LogP contribution in [-0.4, -0.2) is 59.4 Å². The Hall–Kier alpha value is -1.96. The van der Waals surface area contributed by atoms with Crippen molar-refractivity contribution >= 4 is 33.5 Å². The second-order valence-corrected chi connectivity index (χ2v) is 7.39. The van der Waals surface area contributed by atoms with Gasteiger partial charge in [-0.3, -0.25) is 0 Å². The number of anilines is 3. The topological polar surface area (TPSA) is 61.3 Å². The molecule has 4 rings (SSSR count). The minimum atomic E-state index is 0.786. The van der Waals surface area contributed by atoms with Crippen LogP contribution in [0.15, 0.2) is 29.0 Å². The SMILES string of the molecule is Brc1cnc(N2CCN(c3ccc(N4CCCCC4)nn3)CC2)nc1. The van der Waals surface area contributed by atoms with Crippen LogP contribution in [0, 0.1) is 0 Å². The van der Waals surface area contributed by atoms with Crippen molar-refractivity contribution in [1.29, 1.82) is 0 Å². The van der Waals surface area contributed by atoms with Crippen LogP contribution in [0.2, 0.25) is 0 Å². The van der Waals surface area contributed by atoms with E-state index in [9.17, 15) is 0 Å². The van der Waals surface area contributed by atoms with E-state index in [4.69, 9.17) is 0 Å². The van der Waals surface area contributed by atoms with Crippen LogP contribution >= 0.6 is 15.9 Å². The van der Waals surface area contributed by atoms with Crippen molar-refractivity contribution in [2.45, 2.75) is 19.3 Å². The summed E-state index contributed by atoms with van der Waals surface area (Å²) in [5, 5.41) is 8.92. The summed E-state index contributed by atoms with van der Waals surface area (Å²) in [6, 6.07) is 4.21. The third kappa shape index (κ3) is 3.84. The minimum absolute atomic E-state index is 0.786. The van der Waals surface area contributed by atoms with E-state index in [0.717, 1.165) is 61.3 Å². The highest BCUT2D eigenvalue weighted by Crippen LogP contribution is 2.20. The van der Waals surface area contributed by atoms with Gasteiger partial charge in [0.05, 0.1) is 4.47 Å². The van der Waals surface area contributed by atoms with E-state index >= 15 is 0 Å². The van der Waals surface area contributed by atoms with Crippen LogP contribution in [0.5, 0.6) is 0 Å². The molecule has 2 aromatic heterocycles. The molecule has 0 radical (unpaired) electrons. The molecule has 8 heteroatoms. The number of halogens is 1. The second kappa shape index (κ2) is 7.51. The molecule has 0 bridgehead atoms. The lowest BCUT2D eigenvalue weighted by molar-refractivity contribution is 0.570. The van der Waals surface area contributed by atoms with E-state index in [2.05, 4.69) is 62.9 Å². The molecule has 2 aliphatic rings. The quantitative estimate of drug-likeness (QED) is 0.778. The number of hydrogen-bond acceptors (Lipinski definition) is 7. The zero-order valence-corrected chi connectivity index (χ0v) is 15.8. The van der Waals surface area contributed by atoms with Crippen LogP contribution in [0.4, 0.5) is 17.6 Å². The van der Waals surface area contributed by atoms with Gasteiger partial charge in [0.25, 0.3) is 0 Å². The zero-order valence-electron chi connectivity index (χ0n) is 14.2. The van der Waals surface area contributed by atoms with Crippen molar-refractivity contribution in [2.75, 3.05) is 54.0 Å². The standard InChI is InChI=1S/C17H22BrN7/c18-14-12-19-17(20-13-14)25-10-8-24(9-11-25)16-5-4-15(21-22-16)23-6-2-1-3-7-23/h4-5,12-13H,1-3,6-11H2. The average Bonchev–Trinajstić information content (AvgIpc) is 2.70. The summed E-state index contributed by atoms with van der Waals surface area (Å²) in [7, 11) is 0. The fourth-order valence-electron chi connectivity index (χ4n) is 3.38. The smallest absolute Gasteiger partial charge is 0.225 e. The molecule has 25 heavy (non-hydrogen) atoms. The minimum Gasteiger partial charge on any atom is -0.355 e. The summed E-state index contributed by atoms with van der Waals surface area (Å²) in [6.07, 6.45) is 7.42. The predicted octanol–water partition coefficient (Wildman–Crippen LogP) is 2.35. The molecule has 0 unspecified atom stereocenters. The largest absolute Gasteiger partial charge is 0.355 e. The van der Waals surface area contributed by atoms with Gasteiger partial charge in [0.2, 0.25) is 5.95 Å². The molecule has 0 saturated carbocycles. The van der Waals surface area contributed by atoms with Crippen molar-refractivity contribution in [3.63, 3.8) is 0 Å². The van der Waals surface area contributed by atoms with Gasteiger partial charge in [0.15, 0.2) is 11.6 Å². The highest BCUT2D eigenvalue weighted by Gasteiger charge is 2.20. The highest BCUT2D eigenvalue weighted by atomic mass is 79.9. The van der Waals surface area contributed by atoms with Crippen molar-refractivity contribution < 1.29 is 0 Å². The molecule has 0 atom stereocenters. The van der Waals surface area contributed by atoms with E-state index in [1.54, 1.807) is 12.4 Å². The van der Waals surface area contributed by atoms with Crippen LogP contribution in [0.25, 0.3) is 0 Å². The second-order valence-electron chi connectivity index (χ2n) is 6.47. The third-order valence-corrected chi connectivity index (χ3v) is 5.22. The monoisotopic (exact) mass is 403 g/mol. The third-order valence-electron chi connectivity index (χ3n) is 4.81. The Morgan fingerprint density at radius 1 is 0.680 bits per heavy atom. The molecule has 2 aromatic rings. The van der Waals surface area contributed by atoms with E-state index in [1.807, 2.05) is 0 Å². The molecule has 0 aliphatic carbocycles. The summed E-state index contributed by atoms with van der Waals surface area (Å²) in [5.74, 6) is 2.75. The molecule has 0 amide bonds. The Balaban J connectivity index is 1.36.